The first-order chi connectivity index (χ1) is 35.4. The summed E-state index contributed by atoms with van der Waals surface area (Å²) in [5.41, 5.74) is 22.8. The van der Waals surface area contributed by atoms with E-state index in [2.05, 4.69) is 202 Å². The van der Waals surface area contributed by atoms with Crippen LogP contribution < -0.4 is 0 Å². The molecule has 0 bridgehead atoms. The van der Waals surface area contributed by atoms with E-state index in [1.807, 2.05) is 24.3 Å². The second kappa shape index (κ2) is 14.2. The molecular weight excluding hydrogens is 879 g/mol. The van der Waals surface area contributed by atoms with Crippen LogP contribution >= 0.6 is 0 Å². The highest BCUT2D eigenvalue weighted by atomic mass is 16.3. The van der Waals surface area contributed by atoms with Crippen molar-refractivity contribution in [2.24, 2.45) is 0 Å². The second-order valence-corrected chi connectivity index (χ2v) is 20.2. The third kappa shape index (κ3) is 5.24. The zero-order valence-electron chi connectivity index (χ0n) is 39.4. The Balaban J connectivity index is 0.885. The Hall–Kier alpha value is -9.19. The molecule has 336 valence electrons. The summed E-state index contributed by atoms with van der Waals surface area (Å²) < 4.78 is 13.5. The number of rotatable bonds is 4. The van der Waals surface area contributed by atoms with Gasteiger partial charge in [0.15, 0.2) is 17.5 Å². The van der Waals surface area contributed by atoms with Gasteiger partial charge < -0.3 is 8.83 Å². The van der Waals surface area contributed by atoms with E-state index in [0.717, 1.165) is 71.7 Å². The summed E-state index contributed by atoms with van der Waals surface area (Å²) in [6, 6.07) is 76.3. The van der Waals surface area contributed by atoms with E-state index in [-0.39, 0.29) is 5.41 Å². The minimum Gasteiger partial charge on any atom is -0.456 e. The second-order valence-electron chi connectivity index (χ2n) is 20.2. The van der Waals surface area contributed by atoms with Crippen molar-refractivity contribution in [3.05, 3.63) is 246 Å². The van der Waals surface area contributed by atoms with Crippen molar-refractivity contribution in [2.45, 2.75) is 24.7 Å². The molecule has 10 aromatic carbocycles. The van der Waals surface area contributed by atoms with Gasteiger partial charge in [0.2, 0.25) is 0 Å². The van der Waals surface area contributed by atoms with Gasteiger partial charge in [0.05, 0.1) is 5.41 Å². The zero-order chi connectivity index (χ0) is 47.5. The van der Waals surface area contributed by atoms with Gasteiger partial charge in [-0.05, 0) is 126 Å². The number of hydrogen-bond acceptors (Lipinski definition) is 5. The van der Waals surface area contributed by atoms with Crippen molar-refractivity contribution in [3.63, 3.8) is 0 Å². The molecule has 3 aliphatic rings. The predicted octanol–water partition coefficient (Wildman–Crippen LogP) is 17.0. The zero-order valence-corrected chi connectivity index (χ0v) is 39.4. The van der Waals surface area contributed by atoms with E-state index in [1.165, 1.54) is 66.8 Å². The van der Waals surface area contributed by atoms with E-state index < -0.39 is 5.41 Å². The van der Waals surface area contributed by atoms with Gasteiger partial charge in [-0.25, -0.2) is 15.0 Å². The molecule has 0 saturated carbocycles. The highest BCUT2D eigenvalue weighted by Crippen LogP contribution is 2.65. The lowest BCUT2D eigenvalue weighted by atomic mass is 9.69. The molecule has 0 atom stereocenters. The molecule has 1 spiro atoms. The van der Waals surface area contributed by atoms with Crippen molar-refractivity contribution < 1.29 is 8.83 Å². The number of aromatic nitrogens is 3. The average molecular weight is 920 g/mol. The maximum absolute atomic E-state index is 6.88. The molecule has 0 N–H and O–H groups in total. The fourth-order valence-electron chi connectivity index (χ4n) is 12.9. The molecule has 3 aromatic heterocycles. The first-order valence-corrected chi connectivity index (χ1v) is 24.7. The van der Waals surface area contributed by atoms with Crippen LogP contribution in [0.25, 0.3) is 123 Å². The van der Waals surface area contributed by atoms with Crippen LogP contribution in [0.15, 0.2) is 221 Å². The van der Waals surface area contributed by atoms with E-state index in [9.17, 15) is 0 Å². The number of fused-ring (bicyclic) bond motifs is 20. The fraction of sp³-hybridized carbons (Fsp3) is 0.0597. The Morgan fingerprint density at radius 1 is 0.306 bits per heavy atom. The number of furan rings is 2. The molecule has 16 rings (SSSR count). The fourth-order valence-corrected chi connectivity index (χ4v) is 12.9. The first kappa shape index (κ1) is 39.6. The van der Waals surface area contributed by atoms with Crippen LogP contribution in [0.2, 0.25) is 0 Å². The summed E-state index contributed by atoms with van der Waals surface area (Å²) in [7, 11) is 0. The number of nitrogens with zero attached hydrogens (tertiary/aromatic N) is 3. The van der Waals surface area contributed by atoms with Crippen LogP contribution in [-0.4, -0.2) is 15.0 Å². The molecule has 5 nitrogen and oxygen atoms in total. The van der Waals surface area contributed by atoms with E-state index in [4.69, 9.17) is 23.8 Å². The topological polar surface area (TPSA) is 65.0 Å². The van der Waals surface area contributed by atoms with Gasteiger partial charge >= 0.3 is 0 Å². The summed E-state index contributed by atoms with van der Waals surface area (Å²) in [5, 5.41) is 4.44. The average Bonchev–Trinajstić information content (AvgIpc) is 4.22. The van der Waals surface area contributed by atoms with Crippen LogP contribution in [0, 0.1) is 0 Å². The highest BCUT2D eigenvalue weighted by molar-refractivity contribution is 6.16. The van der Waals surface area contributed by atoms with Gasteiger partial charge in [0.1, 0.15) is 22.3 Å². The molecule has 0 fully saturated rings. The summed E-state index contributed by atoms with van der Waals surface area (Å²) in [5.74, 6) is 1.90. The smallest absolute Gasteiger partial charge is 0.164 e. The minimum atomic E-state index is -0.622. The molecule has 3 aliphatic carbocycles. The molecule has 0 amide bonds. The Labute approximate surface area is 414 Å². The summed E-state index contributed by atoms with van der Waals surface area (Å²) in [6.07, 6.45) is 0. The Morgan fingerprint density at radius 2 is 0.847 bits per heavy atom. The maximum atomic E-state index is 6.88. The standard InChI is InChI=1S/C67H41N3O2/c1-66(2)52-23-10-6-19-43(52)46-29-27-42(35-55(46)66)65-69-63(38-15-4-3-5-16-38)68-64(70-65)41-18-14-17-39(33-41)40-28-31-58-51(34-40)61-59(71-58)32-30-48-49-36-50-47-22-9-13-26-57(47)72-60(50)37-56(49)67(62(48)61)53-24-11-7-20-44(53)45-21-8-12-25-54(45)67/h3-37H,1-2H3. The quantitative estimate of drug-likeness (QED) is 0.176. The first-order valence-electron chi connectivity index (χ1n) is 24.7. The van der Waals surface area contributed by atoms with Crippen molar-refractivity contribution in [1.82, 2.24) is 15.0 Å². The summed E-state index contributed by atoms with van der Waals surface area (Å²) >= 11 is 0. The van der Waals surface area contributed by atoms with Crippen LogP contribution in [0.1, 0.15) is 47.2 Å². The lowest BCUT2D eigenvalue weighted by Gasteiger charge is -2.31. The number of para-hydroxylation sites is 1. The Bertz CT molecular complexity index is 4450. The largest absolute Gasteiger partial charge is 0.456 e. The van der Waals surface area contributed by atoms with Crippen LogP contribution in [0.4, 0.5) is 0 Å². The molecule has 0 radical (unpaired) electrons. The Morgan fingerprint density at radius 3 is 1.62 bits per heavy atom. The van der Waals surface area contributed by atoms with E-state index in [0.29, 0.717) is 17.5 Å². The highest BCUT2D eigenvalue weighted by Gasteiger charge is 2.53. The van der Waals surface area contributed by atoms with Gasteiger partial charge in [-0.3, -0.25) is 0 Å². The van der Waals surface area contributed by atoms with Crippen molar-refractivity contribution >= 4 is 43.9 Å². The van der Waals surface area contributed by atoms with Gasteiger partial charge in [-0.15, -0.1) is 0 Å². The van der Waals surface area contributed by atoms with Crippen LogP contribution in [-0.2, 0) is 10.8 Å². The van der Waals surface area contributed by atoms with Gasteiger partial charge in [-0.1, -0.05) is 178 Å². The van der Waals surface area contributed by atoms with Crippen molar-refractivity contribution in [1.29, 1.82) is 0 Å². The van der Waals surface area contributed by atoms with Gasteiger partial charge in [0, 0.05) is 43.7 Å². The molecule has 0 aliphatic heterocycles. The molecule has 0 saturated heterocycles. The minimum absolute atomic E-state index is 0.158. The normalized spacial score (nSPS) is 14.2. The molecule has 72 heavy (non-hydrogen) atoms. The third-order valence-corrected chi connectivity index (χ3v) is 16.1. The predicted molar refractivity (Wildman–Crippen MR) is 290 cm³/mol. The SMILES string of the molecule is CC1(C)c2ccccc2-c2ccc(-c3nc(-c4ccccc4)nc(-c4cccc(-c5ccc6oc7ccc8c(c7c6c5)C5(c6ccccc6-c6ccccc65)c5cc6oc7ccccc7c6cc5-8)c4)n3)cc21. The number of benzene rings is 10. The lowest BCUT2D eigenvalue weighted by Crippen LogP contribution is -2.26. The van der Waals surface area contributed by atoms with Gasteiger partial charge in [-0.2, -0.15) is 0 Å². The monoisotopic (exact) mass is 919 g/mol. The maximum Gasteiger partial charge on any atom is 0.164 e. The molecule has 5 heteroatoms. The Kier molecular flexibility index (Phi) is 7.82. The summed E-state index contributed by atoms with van der Waals surface area (Å²) in [4.78, 5) is 15.6. The molecular formula is C67H41N3O2. The lowest BCUT2D eigenvalue weighted by molar-refractivity contribution is 0.660. The van der Waals surface area contributed by atoms with Gasteiger partial charge in [0.25, 0.3) is 0 Å². The van der Waals surface area contributed by atoms with E-state index >= 15 is 0 Å². The van der Waals surface area contributed by atoms with Crippen molar-refractivity contribution in [3.8, 4) is 78.7 Å². The number of hydrogen-bond donors (Lipinski definition) is 0. The third-order valence-electron chi connectivity index (χ3n) is 16.1. The van der Waals surface area contributed by atoms with Crippen LogP contribution in [0.5, 0.6) is 0 Å². The van der Waals surface area contributed by atoms with Crippen LogP contribution in [0.3, 0.4) is 0 Å². The van der Waals surface area contributed by atoms with Crippen molar-refractivity contribution in [2.75, 3.05) is 0 Å². The van der Waals surface area contributed by atoms with E-state index in [1.54, 1.807) is 0 Å². The molecule has 0 unspecified atom stereocenters. The molecule has 13 aromatic rings. The summed E-state index contributed by atoms with van der Waals surface area (Å²) in [6.45, 7) is 4.61. The molecule has 3 heterocycles.